The molecule has 0 bridgehead atoms. The van der Waals surface area contributed by atoms with Gasteiger partial charge in [-0.05, 0) is 43.7 Å². The highest BCUT2D eigenvalue weighted by molar-refractivity contribution is 5.17. The maximum atomic E-state index is 5.91. The lowest BCUT2D eigenvalue weighted by molar-refractivity contribution is 0.364. The van der Waals surface area contributed by atoms with Crippen molar-refractivity contribution in [3.63, 3.8) is 0 Å². The van der Waals surface area contributed by atoms with E-state index in [0.717, 1.165) is 12.5 Å². The van der Waals surface area contributed by atoms with Gasteiger partial charge in [0.2, 0.25) is 0 Å². The Kier molecular flexibility index (Phi) is 1.96. The summed E-state index contributed by atoms with van der Waals surface area (Å²) in [5.74, 6) is 0.806. The fraction of sp³-hybridized carbons (Fsp3) is 0.778. The van der Waals surface area contributed by atoms with Crippen molar-refractivity contribution in [2.45, 2.75) is 31.8 Å². The van der Waals surface area contributed by atoms with Gasteiger partial charge in [0.1, 0.15) is 0 Å². The average molecular weight is 152 g/mol. The van der Waals surface area contributed by atoms with Crippen LogP contribution >= 0.6 is 0 Å². The van der Waals surface area contributed by atoms with Gasteiger partial charge in [0.25, 0.3) is 0 Å². The number of hydrogen-bond donors (Lipinski definition) is 2. The van der Waals surface area contributed by atoms with Crippen molar-refractivity contribution in [2.24, 2.45) is 11.7 Å². The Morgan fingerprint density at radius 2 is 2.36 bits per heavy atom. The maximum Gasteiger partial charge on any atom is 0.0771 e. The molecule has 0 radical (unpaired) electrons. The average Bonchev–Trinajstić information content (AvgIpc) is 2.06. The second-order valence-electron chi connectivity index (χ2n) is 3.55. The molecular formula is C9H16N2. The van der Waals surface area contributed by atoms with E-state index in [-0.39, 0.29) is 6.17 Å². The lowest BCUT2D eigenvalue weighted by Crippen LogP contribution is -2.46. The number of piperidine rings is 1. The van der Waals surface area contributed by atoms with E-state index in [1.165, 1.54) is 31.3 Å². The molecule has 0 aromatic heterocycles. The fourth-order valence-electron chi connectivity index (χ4n) is 2.19. The molecule has 0 saturated carbocycles. The van der Waals surface area contributed by atoms with Crippen molar-refractivity contribution in [1.29, 1.82) is 0 Å². The van der Waals surface area contributed by atoms with E-state index in [4.69, 9.17) is 5.73 Å². The second-order valence-corrected chi connectivity index (χ2v) is 3.55. The minimum atomic E-state index is 0.161. The predicted molar refractivity (Wildman–Crippen MR) is 46.0 cm³/mol. The number of nitrogens with two attached hydrogens (primary N) is 1. The van der Waals surface area contributed by atoms with Crippen LogP contribution in [-0.2, 0) is 0 Å². The molecule has 2 heteroatoms. The molecule has 0 aromatic carbocycles. The Bertz CT molecular complexity index is 174. The molecule has 3 N–H and O–H groups in total. The standard InChI is InChI=1S/C9H16N2/c10-9-8-4-2-1-3-7(8)5-6-11-9/h4,7,9,11H,1-3,5-6,10H2. The summed E-state index contributed by atoms with van der Waals surface area (Å²) in [5.41, 5.74) is 7.38. The molecule has 2 aliphatic rings. The highest BCUT2D eigenvalue weighted by atomic mass is 15.0. The van der Waals surface area contributed by atoms with E-state index in [2.05, 4.69) is 11.4 Å². The van der Waals surface area contributed by atoms with Gasteiger partial charge in [0, 0.05) is 0 Å². The zero-order valence-electron chi connectivity index (χ0n) is 6.84. The van der Waals surface area contributed by atoms with Crippen molar-refractivity contribution in [1.82, 2.24) is 5.32 Å². The van der Waals surface area contributed by atoms with Crippen LogP contribution in [0.4, 0.5) is 0 Å². The van der Waals surface area contributed by atoms with E-state index >= 15 is 0 Å². The highest BCUT2D eigenvalue weighted by Gasteiger charge is 2.25. The molecule has 62 valence electrons. The summed E-state index contributed by atoms with van der Waals surface area (Å²) in [7, 11) is 0. The Hall–Kier alpha value is -0.340. The highest BCUT2D eigenvalue weighted by Crippen LogP contribution is 2.30. The van der Waals surface area contributed by atoms with Gasteiger partial charge in [-0.25, -0.2) is 0 Å². The van der Waals surface area contributed by atoms with E-state index in [1.807, 2.05) is 0 Å². The topological polar surface area (TPSA) is 38.0 Å². The molecule has 0 aromatic rings. The maximum absolute atomic E-state index is 5.91. The number of rotatable bonds is 0. The summed E-state index contributed by atoms with van der Waals surface area (Å²) in [5, 5.41) is 3.29. The van der Waals surface area contributed by atoms with Crippen LogP contribution in [0.25, 0.3) is 0 Å². The lowest BCUT2D eigenvalue weighted by atomic mass is 9.82. The number of hydrogen-bond acceptors (Lipinski definition) is 2. The summed E-state index contributed by atoms with van der Waals surface area (Å²) >= 11 is 0. The van der Waals surface area contributed by atoms with Crippen molar-refractivity contribution >= 4 is 0 Å². The Morgan fingerprint density at radius 3 is 3.18 bits per heavy atom. The third kappa shape index (κ3) is 1.33. The molecule has 2 atom stereocenters. The summed E-state index contributed by atoms with van der Waals surface area (Å²) in [4.78, 5) is 0. The first-order valence-electron chi connectivity index (χ1n) is 4.57. The number of nitrogens with one attached hydrogen (secondary N) is 1. The van der Waals surface area contributed by atoms with Crippen LogP contribution in [0.3, 0.4) is 0 Å². The predicted octanol–water partition coefficient (Wildman–Crippen LogP) is 0.991. The normalized spacial score (nSPS) is 37.7. The van der Waals surface area contributed by atoms with Crippen molar-refractivity contribution in [2.75, 3.05) is 6.54 Å². The second kappa shape index (κ2) is 2.95. The molecule has 0 spiro atoms. The van der Waals surface area contributed by atoms with Gasteiger partial charge in [0.05, 0.1) is 6.17 Å². The lowest BCUT2D eigenvalue weighted by Gasteiger charge is -2.33. The van der Waals surface area contributed by atoms with Gasteiger partial charge in [-0.2, -0.15) is 0 Å². The minimum Gasteiger partial charge on any atom is -0.312 e. The van der Waals surface area contributed by atoms with Crippen LogP contribution < -0.4 is 11.1 Å². The fourth-order valence-corrected chi connectivity index (χ4v) is 2.19. The minimum absolute atomic E-state index is 0.161. The van der Waals surface area contributed by atoms with Gasteiger partial charge in [-0.1, -0.05) is 6.08 Å². The molecule has 2 rings (SSSR count). The van der Waals surface area contributed by atoms with Gasteiger partial charge in [-0.15, -0.1) is 0 Å². The molecule has 1 aliphatic heterocycles. The molecule has 0 amide bonds. The first-order chi connectivity index (χ1) is 5.38. The van der Waals surface area contributed by atoms with Crippen molar-refractivity contribution < 1.29 is 0 Å². The molecule has 1 saturated heterocycles. The Labute approximate surface area is 67.8 Å². The smallest absolute Gasteiger partial charge is 0.0771 e. The molecule has 1 aliphatic carbocycles. The van der Waals surface area contributed by atoms with E-state index in [9.17, 15) is 0 Å². The van der Waals surface area contributed by atoms with Crippen molar-refractivity contribution in [3.8, 4) is 0 Å². The zero-order chi connectivity index (χ0) is 7.68. The van der Waals surface area contributed by atoms with Gasteiger partial charge >= 0.3 is 0 Å². The third-order valence-corrected chi connectivity index (χ3v) is 2.82. The zero-order valence-corrected chi connectivity index (χ0v) is 6.84. The third-order valence-electron chi connectivity index (χ3n) is 2.82. The summed E-state index contributed by atoms with van der Waals surface area (Å²) in [6.07, 6.45) is 7.75. The molecule has 11 heavy (non-hydrogen) atoms. The molecular weight excluding hydrogens is 136 g/mol. The summed E-state index contributed by atoms with van der Waals surface area (Å²) < 4.78 is 0. The van der Waals surface area contributed by atoms with E-state index in [0.29, 0.717) is 0 Å². The monoisotopic (exact) mass is 152 g/mol. The molecule has 1 fully saturated rings. The SMILES string of the molecule is NC1NCCC2CCCC=C21. The number of fused-ring (bicyclic) bond motifs is 1. The van der Waals surface area contributed by atoms with Gasteiger partial charge < -0.3 is 5.73 Å². The first-order valence-corrected chi connectivity index (χ1v) is 4.57. The molecule has 1 heterocycles. The van der Waals surface area contributed by atoms with Gasteiger partial charge in [-0.3, -0.25) is 5.32 Å². The summed E-state index contributed by atoms with van der Waals surface area (Å²) in [6, 6.07) is 0. The molecule has 2 unspecified atom stereocenters. The van der Waals surface area contributed by atoms with E-state index in [1.54, 1.807) is 0 Å². The van der Waals surface area contributed by atoms with Crippen LogP contribution in [0.15, 0.2) is 11.6 Å². The Morgan fingerprint density at radius 1 is 1.45 bits per heavy atom. The summed E-state index contributed by atoms with van der Waals surface area (Å²) in [6.45, 7) is 1.10. The van der Waals surface area contributed by atoms with Crippen LogP contribution in [0.5, 0.6) is 0 Å². The quantitative estimate of drug-likeness (QED) is 0.508. The van der Waals surface area contributed by atoms with Crippen molar-refractivity contribution in [3.05, 3.63) is 11.6 Å². The number of allylic oxidation sites excluding steroid dienone is 1. The van der Waals surface area contributed by atoms with Crippen LogP contribution in [0.2, 0.25) is 0 Å². The van der Waals surface area contributed by atoms with Crippen LogP contribution in [0, 0.1) is 5.92 Å². The molecule has 2 nitrogen and oxygen atoms in total. The van der Waals surface area contributed by atoms with Crippen LogP contribution in [-0.4, -0.2) is 12.7 Å². The largest absolute Gasteiger partial charge is 0.312 e. The Balaban J connectivity index is 2.14. The van der Waals surface area contributed by atoms with E-state index < -0.39 is 0 Å². The first kappa shape index (κ1) is 7.32. The van der Waals surface area contributed by atoms with Crippen LogP contribution in [0.1, 0.15) is 25.7 Å². The van der Waals surface area contributed by atoms with Gasteiger partial charge in [0.15, 0.2) is 0 Å².